The van der Waals surface area contributed by atoms with Crippen LogP contribution in [0.2, 0.25) is 0 Å². The Morgan fingerprint density at radius 1 is 0.192 bits per heavy atom. The highest BCUT2D eigenvalue weighted by Gasteiger charge is 2.19. The third kappa shape index (κ3) is 5.08. The lowest BCUT2D eigenvalue weighted by Crippen LogP contribution is -1.93. The summed E-state index contributed by atoms with van der Waals surface area (Å²) < 4.78 is 0. The van der Waals surface area contributed by atoms with E-state index in [1.807, 2.05) is 0 Å². The minimum absolute atomic E-state index is 1.22. The molecule has 0 heteroatoms. The fourth-order valence-corrected chi connectivity index (χ4v) is 8.16. The first-order chi connectivity index (χ1) is 25.8. The second-order valence-electron chi connectivity index (χ2n) is 13.6. The molecule has 0 bridgehead atoms. The molecule has 0 spiro atoms. The molecule has 0 saturated heterocycles. The standard InChI is InChI=1S/C52H34/c1-5-13-35(14-6-1)41-25-29-45(49(33-41)37-17-9-3-10-18-37)43-27-21-39-24-32-48-44(28-22-40-23-31-47(43)51(39)52(40)48)46-30-26-42(36-15-7-2-8-16-36)34-50(46)38-19-11-4-12-20-38/h1-34H. The molecule has 0 saturated carbocycles. The smallest absolute Gasteiger partial charge is 0.00203 e. The lowest BCUT2D eigenvalue weighted by Gasteiger charge is -2.20. The van der Waals surface area contributed by atoms with Gasteiger partial charge in [-0.05, 0) is 111 Å². The molecule has 0 aliphatic heterocycles. The molecule has 0 aliphatic rings. The number of benzene rings is 10. The Hall–Kier alpha value is -6.76. The van der Waals surface area contributed by atoms with Crippen molar-refractivity contribution in [3.8, 4) is 66.8 Å². The molecular formula is C52H34. The Morgan fingerprint density at radius 2 is 0.519 bits per heavy atom. The van der Waals surface area contributed by atoms with Crippen LogP contribution in [0.5, 0.6) is 0 Å². The van der Waals surface area contributed by atoms with E-state index in [-0.39, 0.29) is 0 Å². The zero-order valence-corrected chi connectivity index (χ0v) is 28.6. The van der Waals surface area contributed by atoms with E-state index in [9.17, 15) is 0 Å². The van der Waals surface area contributed by atoms with Gasteiger partial charge in [-0.1, -0.05) is 194 Å². The van der Waals surface area contributed by atoms with Crippen molar-refractivity contribution in [2.75, 3.05) is 0 Å². The molecule has 0 atom stereocenters. The van der Waals surface area contributed by atoms with Gasteiger partial charge in [-0.3, -0.25) is 0 Å². The van der Waals surface area contributed by atoms with Crippen molar-refractivity contribution in [1.29, 1.82) is 0 Å². The maximum Gasteiger partial charge on any atom is -0.00203 e. The molecule has 0 unspecified atom stereocenters. The summed E-state index contributed by atoms with van der Waals surface area (Å²) in [4.78, 5) is 0. The van der Waals surface area contributed by atoms with Crippen molar-refractivity contribution in [2.24, 2.45) is 0 Å². The maximum absolute atomic E-state index is 2.36. The zero-order chi connectivity index (χ0) is 34.4. The van der Waals surface area contributed by atoms with Gasteiger partial charge in [0.05, 0.1) is 0 Å². The van der Waals surface area contributed by atoms with Gasteiger partial charge in [-0.2, -0.15) is 0 Å². The van der Waals surface area contributed by atoms with Gasteiger partial charge < -0.3 is 0 Å². The minimum Gasteiger partial charge on any atom is -0.0622 e. The molecule has 10 aromatic carbocycles. The Labute approximate surface area is 304 Å². The van der Waals surface area contributed by atoms with E-state index in [0.29, 0.717) is 0 Å². The van der Waals surface area contributed by atoms with Gasteiger partial charge in [0, 0.05) is 0 Å². The predicted octanol–water partition coefficient (Wildman–Crippen LogP) is 14.6. The molecule has 0 amide bonds. The number of rotatable bonds is 6. The highest BCUT2D eigenvalue weighted by Crippen LogP contribution is 2.46. The molecule has 10 aromatic rings. The predicted molar refractivity (Wildman–Crippen MR) is 223 cm³/mol. The summed E-state index contributed by atoms with van der Waals surface area (Å²) in [6, 6.07) is 75.5. The van der Waals surface area contributed by atoms with Crippen molar-refractivity contribution < 1.29 is 0 Å². The van der Waals surface area contributed by atoms with Crippen LogP contribution in [-0.2, 0) is 0 Å². The third-order valence-electron chi connectivity index (χ3n) is 10.7. The second-order valence-corrected chi connectivity index (χ2v) is 13.6. The summed E-state index contributed by atoms with van der Waals surface area (Å²) in [5.74, 6) is 0. The molecule has 0 radical (unpaired) electrons. The van der Waals surface area contributed by atoms with Gasteiger partial charge in [0.1, 0.15) is 0 Å². The minimum atomic E-state index is 1.22. The van der Waals surface area contributed by atoms with E-state index < -0.39 is 0 Å². The van der Waals surface area contributed by atoms with E-state index >= 15 is 0 Å². The summed E-state index contributed by atoms with van der Waals surface area (Å²) in [5.41, 5.74) is 14.8. The van der Waals surface area contributed by atoms with Crippen molar-refractivity contribution in [2.45, 2.75) is 0 Å². The molecule has 0 nitrogen and oxygen atoms in total. The molecule has 10 rings (SSSR count). The number of hydrogen-bond donors (Lipinski definition) is 0. The van der Waals surface area contributed by atoms with Gasteiger partial charge >= 0.3 is 0 Å². The molecule has 0 N–H and O–H groups in total. The summed E-state index contributed by atoms with van der Waals surface area (Å²) >= 11 is 0. The number of hydrogen-bond acceptors (Lipinski definition) is 0. The zero-order valence-electron chi connectivity index (χ0n) is 28.6. The van der Waals surface area contributed by atoms with Gasteiger partial charge in [-0.25, -0.2) is 0 Å². The summed E-state index contributed by atoms with van der Waals surface area (Å²) in [7, 11) is 0. The van der Waals surface area contributed by atoms with Crippen molar-refractivity contribution in [3.63, 3.8) is 0 Å². The molecular weight excluding hydrogens is 625 g/mol. The molecule has 0 fully saturated rings. The first-order valence-corrected chi connectivity index (χ1v) is 18.0. The highest BCUT2D eigenvalue weighted by molar-refractivity contribution is 6.28. The quantitative estimate of drug-likeness (QED) is 0.156. The van der Waals surface area contributed by atoms with Crippen LogP contribution in [0.25, 0.3) is 99.1 Å². The van der Waals surface area contributed by atoms with Crippen LogP contribution in [0.15, 0.2) is 206 Å². The van der Waals surface area contributed by atoms with Crippen LogP contribution in [0.1, 0.15) is 0 Å². The van der Waals surface area contributed by atoms with Crippen molar-refractivity contribution in [1.82, 2.24) is 0 Å². The summed E-state index contributed by atoms with van der Waals surface area (Å²) in [5, 5.41) is 7.73. The first-order valence-electron chi connectivity index (χ1n) is 18.0. The largest absolute Gasteiger partial charge is 0.0622 e. The normalized spacial score (nSPS) is 11.5. The SMILES string of the molecule is c1ccc(-c2ccc(-c3ccc4ccc5c(-c6ccc(-c7ccccc7)cc6-c6ccccc6)ccc6ccc3c4c65)c(-c3ccccc3)c2)cc1. The van der Waals surface area contributed by atoms with Crippen LogP contribution in [0, 0.1) is 0 Å². The Balaban J connectivity index is 1.20. The van der Waals surface area contributed by atoms with Crippen LogP contribution in [-0.4, -0.2) is 0 Å². The highest BCUT2D eigenvalue weighted by atomic mass is 14.2. The van der Waals surface area contributed by atoms with Crippen molar-refractivity contribution in [3.05, 3.63) is 206 Å². The lowest BCUT2D eigenvalue weighted by molar-refractivity contribution is 1.57. The fraction of sp³-hybridized carbons (Fsp3) is 0. The van der Waals surface area contributed by atoms with Gasteiger partial charge in [-0.15, -0.1) is 0 Å². The average Bonchev–Trinajstić information content (AvgIpc) is 3.23. The van der Waals surface area contributed by atoms with Crippen LogP contribution in [0.4, 0.5) is 0 Å². The fourth-order valence-electron chi connectivity index (χ4n) is 8.16. The maximum atomic E-state index is 2.36. The average molecular weight is 659 g/mol. The molecule has 242 valence electrons. The van der Waals surface area contributed by atoms with E-state index in [2.05, 4.69) is 206 Å². The Morgan fingerprint density at radius 3 is 0.904 bits per heavy atom. The van der Waals surface area contributed by atoms with E-state index in [1.54, 1.807) is 0 Å². The van der Waals surface area contributed by atoms with Gasteiger partial charge in [0.15, 0.2) is 0 Å². The van der Waals surface area contributed by atoms with Crippen LogP contribution >= 0.6 is 0 Å². The van der Waals surface area contributed by atoms with Crippen LogP contribution in [0.3, 0.4) is 0 Å². The Bertz CT molecular complexity index is 2650. The molecule has 0 heterocycles. The van der Waals surface area contributed by atoms with Gasteiger partial charge in [0.25, 0.3) is 0 Å². The van der Waals surface area contributed by atoms with E-state index in [0.717, 1.165) is 0 Å². The second kappa shape index (κ2) is 12.5. The monoisotopic (exact) mass is 658 g/mol. The summed E-state index contributed by atoms with van der Waals surface area (Å²) in [6.07, 6.45) is 0. The first kappa shape index (κ1) is 30.1. The molecule has 52 heavy (non-hydrogen) atoms. The molecule has 0 aromatic heterocycles. The molecule has 0 aliphatic carbocycles. The van der Waals surface area contributed by atoms with Gasteiger partial charge in [0.2, 0.25) is 0 Å². The summed E-state index contributed by atoms with van der Waals surface area (Å²) in [6.45, 7) is 0. The van der Waals surface area contributed by atoms with E-state index in [4.69, 9.17) is 0 Å². The lowest BCUT2D eigenvalue weighted by atomic mass is 9.84. The van der Waals surface area contributed by atoms with E-state index in [1.165, 1.54) is 99.1 Å². The van der Waals surface area contributed by atoms with Crippen LogP contribution < -0.4 is 0 Å². The van der Waals surface area contributed by atoms with Crippen molar-refractivity contribution >= 4 is 32.3 Å². The Kier molecular flexibility index (Phi) is 7.25. The topological polar surface area (TPSA) is 0 Å². The third-order valence-corrected chi connectivity index (χ3v) is 10.7.